The van der Waals surface area contributed by atoms with Gasteiger partial charge in [-0.1, -0.05) is 30.9 Å². The topological polar surface area (TPSA) is 110 Å². The normalized spacial score (nSPS) is 19.4. The van der Waals surface area contributed by atoms with E-state index in [-0.39, 0.29) is 22.9 Å². The molecule has 2 aliphatic heterocycles. The van der Waals surface area contributed by atoms with Gasteiger partial charge in [0.15, 0.2) is 11.5 Å². The Labute approximate surface area is 181 Å². The van der Waals surface area contributed by atoms with Crippen LogP contribution in [0.25, 0.3) is 11.4 Å². The molecule has 0 bridgehead atoms. The molecule has 3 N–H and O–H groups in total. The first-order valence-electron chi connectivity index (χ1n) is 10.2. The molecule has 31 heavy (non-hydrogen) atoms. The molecule has 0 radical (unpaired) electrons. The number of nitrogens with one attached hydrogen (secondary N) is 1. The molecule has 4 rings (SSSR count). The van der Waals surface area contributed by atoms with Crippen molar-refractivity contribution in [2.75, 3.05) is 38.7 Å². The maximum Gasteiger partial charge on any atom is 0.269 e. The van der Waals surface area contributed by atoms with Gasteiger partial charge in [-0.3, -0.25) is 9.59 Å². The number of primary amides is 1. The highest BCUT2D eigenvalue weighted by Gasteiger charge is 2.33. The summed E-state index contributed by atoms with van der Waals surface area (Å²) in [6.45, 7) is 4.81. The highest BCUT2D eigenvalue weighted by molar-refractivity contribution is 5.96. The lowest BCUT2D eigenvalue weighted by Crippen LogP contribution is -2.45. The molecule has 2 fully saturated rings. The number of amides is 2. The zero-order chi connectivity index (χ0) is 22.0. The molecule has 0 unspecified atom stereocenters. The number of carbonyl (C=O) groups is 2. The smallest absolute Gasteiger partial charge is 0.269 e. The number of hydrogen-bond acceptors (Lipinski definition) is 6. The van der Waals surface area contributed by atoms with Gasteiger partial charge >= 0.3 is 0 Å². The summed E-state index contributed by atoms with van der Waals surface area (Å²) in [7, 11) is 1.79. The average molecular weight is 419 g/mol. The van der Waals surface area contributed by atoms with Gasteiger partial charge in [-0.2, -0.15) is 0 Å². The second-order valence-electron chi connectivity index (χ2n) is 8.43. The number of anilines is 1. The van der Waals surface area contributed by atoms with E-state index in [1.54, 1.807) is 18.1 Å². The van der Waals surface area contributed by atoms with Gasteiger partial charge in [-0.05, 0) is 18.6 Å². The van der Waals surface area contributed by atoms with Crippen molar-refractivity contribution in [1.29, 1.82) is 0 Å². The largest absolute Gasteiger partial charge is 0.381 e. The van der Waals surface area contributed by atoms with E-state index < -0.39 is 5.91 Å². The van der Waals surface area contributed by atoms with Crippen LogP contribution in [0.15, 0.2) is 30.5 Å². The first kappa shape index (κ1) is 20.8. The molecule has 160 valence electrons. The van der Waals surface area contributed by atoms with Gasteiger partial charge in [0.1, 0.15) is 5.92 Å². The quantitative estimate of drug-likeness (QED) is 0.711. The third-order valence-electron chi connectivity index (χ3n) is 5.57. The number of hydrogen-bond donors (Lipinski definition) is 2. The lowest BCUT2D eigenvalue weighted by molar-refractivity contribution is -0.128. The fourth-order valence-corrected chi connectivity index (χ4v) is 3.56. The highest BCUT2D eigenvalue weighted by atomic mass is 16.5. The van der Waals surface area contributed by atoms with E-state index in [0.717, 1.165) is 24.1 Å². The van der Waals surface area contributed by atoms with Crippen molar-refractivity contribution in [3.8, 4) is 23.2 Å². The zero-order valence-corrected chi connectivity index (χ0v) is 17.6. The van der Waals surface area contributed by atoms with Crippen molar-refractivity contribution in [2.24, 2.45) is 17.1 Å². The van der Waals surface area contributed by atoms with Gasteiger partial charge in [0.2, 0.25) is 5.91 Å². The molecule has 1 aromatic carbocycles. The Kier molecular flexibility index (Phi) is 5.61. The minimum Gasteiger partial charge on any atom is -0.381 e. The van der Waals surface area contributed by atoms with E-state index in [4.69, 9.17) is 10.5 Å². The summed E-state index contributed by atoms with van der Waals surface area (Å²) >= 11 is 0. The monoisotopic (exact) mass is 419 g/mol. The molecule has 3 heterocycles. The fraction of sp³-hybridized carbons (Fsp3) is 0.391. The van der Waals surface area contributed by atoms with E-state index in [9.17, 15) is 9.59 Å². The third-order valence-corrected chi connectivity index (χ3v) is 5.57. The molecule has 8 heteroatoms. The molecule has 2 aromatic rings. The van der Waals surface area contributed by atoms with Gasteiger partial charge in [-0.15, -0.1) is 0 Å². The van der Waals surface area contributed by atoms with Crippen molar-refractivity contribution in [1.82, 2.24) is 14.9 Å². The van der Waals surface area contributed by atoms with Crippen LogP contribution in [-0.2, 0) is 9.53 Å². The molecule has 2 amide bonds. The molecule has 1 aromatic heterocycles. The Morgan fingerprint density at radius 1 is 1.42 bits per heavy atom. The summed E-state index contributed by atoms with van der Waals surface area (Å²) < 4.78 is 5.26. The number of rotatable bonds is 5. The van der Waals surface area contributed by atoms with Crippen molar-refractivity contribution in [3.05, 3.63) is 41.7 Å². The van der Waals surface area contributed by atoms with Gasteiger partial charge in [-0.25, -0.2) is 9.97 Å². The SMILES string of the molecule is CN1CC[C@@H](C#Cc2cccc(-c3ncc(NCC4(C)COC4)c(C(N)=O)n3)c2)C1=O. The lowest BCUT2D eigenvalue weighted by Gasteiger charge is -2.38. The van der Waals surface area contributed by atoms with Crippen LogP contribution in [0.2, 0.25) is 0 Å². The van der Waals surface area contributed by atoms with Crippen LogP contribution in [0.4, 0.5) is 5.69 Å². The Morgan fingerprint density at radius 3 is 2.87 bits per heavy atom. The average Bonchev–Trinajstić information content (AvgIpc) is 3.07. The Morgan fingerprint density at radius 2 is 2.23 bits per heavy atom. The van der Waals surface area contributed by atoms with E-state index >= 15 is 0 Å². The first-order valence-corrected chi connectivity index (χ1v) is 10.2. The maximum atomic E-state index is 12.0. The van der Waals surface area contributed by atoms with Crippen LogP contribution in [0, 0.1) is 23.2 Å². The summed E-state index contributed by atoms with van der Waals surface area (Å²) in [6.07, 6.45) is 2.32. The molecule has 8 nitrogen and oxygen atoms in total. The minimum absolute atomic E-state index is 0.0239. The molecule has 1 atom stereocenters. The molecular formula is C23H25N5O3. The predicted molar refractivity (Wildman–Crippen MR) is 116 cm³/mol. The number of benzene rings is 1. The third kappa shape index (κ3) is 4.52. The van der Waals surface area contributed by atoms with E-state index in [0.29, 0.717) is 31.3 Å². The first-order chi connectivity index (χ1) is 14.8. The Bertz CT molecular complexity index is 1080. The number of nitrogens with zero attached hydrogens (tertiary/aromatic N) is 3. The number of aromatic nitrogens is 2. The lowest BCUT2D eigenvalue weighted by atomic mass is 9.88. The van der Waals surface area contributed by atoms with Crippen LogP contribution < -0.4 is 11.1 Å². The summed E-state index contributed by atoms with van der Waals surface area (Å²) in [5.41, 5.74) is 7.71. The molecule has 0 saturated carbocycles. The van der Waals surface area contributed by atoms with Crippen LogP contribution in [0.1, 0.15) is 29.4 Å². The second-order valence-corrected chi connectivity index (χ2v) is 8.43. The Hall–Kier alpha value is -3.44. The van der Waals surface area contributed by atoms with Gasteiger partial charge in [0.05, 0.1) is 25.1 Å². The van der Waals surface area contributed by atoms with E-state index in [2.05, 4.69) is 34.0 Å². The molecule has 0 aliphatic carbocycles. The van der Waals surface area contributed by atoms with Gasteiger partial charge in [0, 0.05) is 36.7 Å². The molecular weight excluding hydrogens is 394 g/mol. The molecule has 2 saturated heterocycles. The maximum absolute atomic E-state index is 12.0. The number of ether oxygens (including phenoxy) is 1. The van der Waals surface area contributed by atoms with Crippen LogP contribution >= 0.6 is 0 Å². The summed E-state index contributed by atoms with van der Waals surface area (Å²) in [6, 6.07) is 7.40. The van der Waals surface area contributed by atoms with Crippen LogP contribution in [0.5, 0.6) is 0 Å². The predicted octanol–water partition coefficient (Wildman–Crippen LogP) is 1.52. The van der Waals surface area contributed by atoms with Gasteiger partial charge in [0.25, 0.3) is 5.91 Å². The van der Waals surface area contributed by atoms with Crippen molar-refractivity contribution in [2.45, 2.75) is 13.3 Å². The number of nitrogens with two attached hydrogens (primary N) is 1. The number of carbonyl (C=O) groups excluding carboxylic acids is 2. The van der Waals surface area contributed by atoms with Gasteiger partial charge < -0.3 is 20.7 Å². The second kappa shape index (κ2) is 8.36. The minimum atomic E-state index is -0.624. The highest BCUT2D eigenvalue weighted by Crippen LogP contribution is 2.28. The van der Waals surface area contributed by atoms with Crippen molar-refractivity contribution < 1.29 is 14.3 Å². The van der Waals surface area contributed by atoms with E-state index in [1.165, 1.54) is 0 Å². The summed E-state index contributed by atoms with van der Waals surface area (Å²) in [4.78, 5) is 34.5. The fourth-order valence-electron chi connectivity index (χ4n) is 3.56. The zero-order valence-electron chi connectivity index (χ0n) is 17.6. The van der Waals surface area contributed by atoms with Crippen molar-refractivity contribution in [3.63, 3.8) is 0 Å². The molecule has 2 aliphatic rings. The summed E-state index contributed by atoms with van der Waals surface area (Å²) in [5.74, 6) is 5.70. The molecule has 0 spiro atoms. The van der Waals surface area contributed by atoms with Crippen molar-refractivity contribution >= 4 is 17.5 Å². The Balaban J connectivity index is 1.55. The van der Waals surface area contributed by atoms with E-state index in [1.807, 2.05) is 24.3 Å². The van der Waals surface area contributed by atoms with Crippen LogP contribution in [-0.4, -0.2) is 60.0 Å². The van der Waals surface area contributed by atoms with Crippen LogP contribution in [0.3, 0.4) is 0 Å². The number of likely N-dealkylation sites (tertiary alicyclic amines) is 1. The standard InChI is InChI=1S/C23H25N5O3/c1-23(13-31-14-23)12-26-18-11-25-21(27-19(18)20(24)29)17-5-3-4-15(10-17)6-7-16-8-9-28(2)22(16)30/h3-5,10-11,16,26H,8-9,12-14H2,1-2H3,(H2,24,29)/t16-/m1/s1. The summed E-state index contributed by atoms with van der Waals surface area (Å²) in [5, 5.41) is 3.22.